The topological polar surface area (TPSA) is 15.3 Å². The summed E-state index contributed by atoms with van der Waals surface area (Å²) in [5.41, 5.74) is 7.32. The first-order chi connectivity index (χ1) is 16.9. The van der Waals surface area contributed by atoms with Crippen LogP contribution in [0.2, 0.25) is 0 Å². The van der Waals surface area contributed by atoms with Gasteiger partial charge in [0.25, 0.3) is 0 Å². The molecule has 1 aromatic rings. The molecule has 1 saturated heterocycles. The molecule has 196 valence electrons. The number of nitrogens with zero attached hydrogens (tertiary/aromatic N) is 1. The van der Waals surface area contributed by atoms with Crippen molar-refractivity contribution in [2.45, 2.75) is 98.3 Å². The third kappa shape index (κ3) is 12.2. The average Bonchev–Trinajstić information content (AvgIpc) is 2.91. The van der Waals surface area contributed by atoms with Crippen LogP contribution in [0, 0.1) is 18.8 Å². The van der Waals surface area contributed by atoms with Gasteiger partial charge in [0.05, 0.1) is 0 Å². The van der Waals surface area contributed by atoms with Gasteiger partial charge in [-0.15, -0.1) is 19.4 Å². The van der Waals surface area contributed by atoms with Crippen LogP contribution in [-0.4, -0.2) is 25.0 Å². The van der Waals surface area contributed by atoms with Crippen LogP contribution < -0.4 is 5.32 Å². The number of hydrogen-bond donors (Lipinski definition) is 1. The zero-order valence-corrected chi connectivity index (χ0v) is 23.8. The molecule has 0 radical (unpaired) electrons. The molecule has 1 heterocycles. The van der Waals surface area contributed by atoms with E-state index in [-0.39, 0.29) is 0 Å². The summed E-state index contributed by atoms with van der Waals surface area (Å²) >= 11 is 0. The third-order valence-electron chi connectivity index (χ3n) is 7.04. The quantitative estimate of drug-likeness (QED) is 0.239. The normalized spacial score (nSPS) is 14.6. The Kier molecular flexibility index (Phi) is 18.5. The van der Waals surface area contributed by atoms with Crippen LogP contribution in [0.3, 0.4) is 0 Å². The lowest BCUT2D eigenvalue weighted by molar-refractivity contribution is 0.263. The largest absolute Gasteiger partial charge is 0.392 e. The Balaban J connectivity index is 0.000000813. The first-order valence-corrected chi connectivity index (χ1v) is 13.8. The summed E-state index contributed by atoms with van der Waals surface area (Å²) in [6.07, 6.45) is 23.3. The molecular weight excluding hydrogens is 424 g/mol. The second kappa shape index (κ2) is 19.9. The fraction of sp³-hybridized carbons (Fsp3) is 0.576. The van der Waals surface area contributed by atoms with E-state index in [9.17, 15) is 0 Å². The summed E-state index contributed by atoms with van der Waals surface area (Å²) < 4.78 is 0. The van der Waals surface area contributed by atoms with Crippen molar-refractivity contribution in [2.24, 2.45) is 5.92 Å². The van der Waals surface area contributed by atoms with Crippen molar-refractivity contribution in [3.8, 4) is 12.8 Å². The molecule has 1 aliphatic heterocycles. The van der Waals surface area contributed by atoms with Gasteiger partial charge >= 0.3 is 0 Å². The Bertz CT molecular complexity index is 763. The maximum Gasteiger partial charge on any atom is 0.0180 e. The molecule has 0 amide bonds. The van der Waals surface area contributed by atoms with Gasteiger partial charge in [-0.1, -0.05) is 77.5 Å². The van der Waals surface area contributed by atoms with Crippen LogP contribution in [0.15, 0.2) is 54.9 Å². The minimum atomic E-state index is 0.558. The number of aryl methyl sites for hydroxylation is 2. The monoisotopic (exact) mass is 478 g/mol. The lowest BCUT2D eigenvalue weighted by Gasteiger charge is -2.34. The number of terminal acetylenes is 1. The number of unbranched alkanes of at least 4 members (excludes halogenated alkanes) is 1. The van der Waals surface area contributed by atoms with Gasteiger partial charge in [0.1, 0.15) is 0 Å². The molecule has 35 heavy (non-hydrogen) atoms. The van der Waals surface area contributed by atoms with Gasteiger partial charge in [-0.05, 0) is 80.4 Å². The van der Waals surface area contributed by atoms with Crippen LogP contribution in [0.5, 0.6) is 0 Å². The molecule has 1 unspecified atom stereocenters. The van der Waals surface area contributed by atoms with Crippen LogP contribution in [0.4, 0.5) is 0 Å². The van der Waals surface area contributed by atoms with Gasteiger partial charge in [-0.3, -0.25) is 0 Å². The summed E-state index contributed by atoms with van der Waals surface area (Å²) in [6, 6.07) is 7.31. The van der Waals surface area contributed by atoms with Crippen LogP contribution >= 0.6 is 0 Å². The van der Waals surface area contributed by atoms with Crippen molar-refractivity contribution in [2.75, 3.05) is 20.1 Å². The lowest BCUT2D eigenvalue weighted by Crippen LogP contribution is -2.31. The average molecular weight is 479 g/mol. The molecule has 1 atom stereocenters. The fourth-order valence-corrected chi connectivity index (χ4v) is 4.58. The summed E-state index contributed by atoms with van der Waals surface area (Å²) in [5, 5.41) is 3.04. The van der Waals surface area contributed by atoms with E-state index < -0.39 is 0 Å². The Morgan fingerprint density at radius 2 is 1.77 bits per heavy atom. The van der Waals surface area contributed by atoms with E-state index in [1.54, 1.807) is 16.7 Å². The molecule has 1 N–H and O–H groups in total. The second-order valence-corrected chi connectivity index (χ2v) is 9.57. The third-order valence-corrected chi connectivity index (χ3v) is 7.04. The Morgan fingerprint density at radius 1 is 1.11 bits per heavy atom. The minimum Gasteiger partial charge on any atom is -0.392 e. The van der Waals surface area contributed by atoms with E-state index in [1.165, 1.54) is 63.7 Å². The van der Waals surface area contributed by atoms with E-state index in [2.05, 4.69) is 95.1 Å². The second-order valence-electron chi connectivity index (χ2n) is 9.57. The number of benzene rings is 1. The molecule has 2 nitrogen and oxygen atoms in total. The highest BCUT2D eigenvalue weighted by atomic mass is 15.1. The molecule has 0 aliphatic carbocycles. The predicted octanol–water partition coefficient (Wildman–Crippen LogP) is 8.66. The fourth-order valence-electron chi connectivity index (χ4n) is 4.58. The Morgan fingerprint density at radius 3 is 2.29 bits per heavy atom. The lowest BCUT2D eigenvalue weighted by atomic mass is 9.86. The highest BCUT2D eigenvalue weighted by Gasteiger charge is 2.21. The minimum absolute atomic E-state index is 0.558. The van der Waals surface area contributed by atoms with Crippen LogP contribution in [0.25, 0.3) is 0 Å². The SMILES string of the molecule is C#C.C=CCCC(C)C(=C)NC.CCC/C=C(\C)N1CCC(c2ccc(CCC)c(CC)c2)CC1. The molecule has 0 saturated carbocycles. The van der Waals surface area contributed by atoms with E-state index in [0.717, 1.165) is 24.5 Å². The van der Waals surface area contributed by atoms with Gasteiger partial charge < -0.3 is 10.2 Å². The summed E-state index contributed by atoms with van der Waals surface area (Å²) in [5.74, 6) is 1.31. The van der Waals surface area contributed by atoms with Crippen molar-refractivity contribution in [3.63, 3.8) is 0 Å². The Hall–Kier alpha value is -2.40. The molecule has 2 heteroatoms. The zero-order chi connectivity index (χ0) is 26.6. The number of likely N-dealkylation sites (tertiary alicyclic amines) is 1. The summed E-state index contributed by atoms with van der Waals surface area (Å²) in [6.45, 7) is 21.3. The van der Waals surface area contributed by atoms with Gasteiger partial charge in [0, 0.05) is 31.5 Å². The van der Waals surface area contributed by atoms with E-state index >= 15 is 0 Å². The highest BCUT2D eigenvalue weighted by Crippen LogP contribution is 2.31. The molecule has 0 spiro atoms. The predicted molar refractivity (Wildman–Crippen MR) is 159 cm³/mol. The highest BCUT2D eigenvalue weighted by molar-refractivity contribution is 5.34. The number of piperidine rings is 1. The van der Waals surface area contributed by atoms with Crippen molar-refractivity contribution in [1.82, 2.24) is 10.2 Å². The first-order valence-electron chi connectivity index (χ1n) is 13.8. The molecule has 0 aromatic heterocycles. The number of rotatable bonds is 12. The molecule has 2 rings (SSSR count). The molecule has 0 bridgehead atoms. The molecule has 1 aliphatic rings. The molecular formula is C33H54N2. The maximum absolute atomic E-state index is 4.00. The molecule has 1 fully saturated rings. The number of allylic oxidation sites excluding steroid dienone is 4. The first kappa shape index (κ1) is 32.6. The van der Waals surface area contributed by atoms with Crippen LogP contribution in [0.1, 0.15) is 102 Å². The smallest absolute Gasteiger partial charge is 0.0180 e. The van der Waals surface area contributed by atoms with Crippen LogP contribution in [-0.2, 0) is 12.8 Å². The standard InChI is InChI=1S/C22H35N.C9H17N.C2H2/c1-5-8-10-18(4)23-15-13-21(14-16-23)22-12-11-20(9-6-2)19(7-3)17-22;1-5-6-7-8(2)9(3)10-4;1-2/h10-12,17,21H,5-9,13-16H2,1-4H3;5,8,10H,1,3,6-7H2,2,4H3;1-2H/b18-10+;;. The van der Waals surface area contributed by atoms with Gasteiger partial charge in [-0.2, -0.15) is 0 Å². The number of nitrogens with one attached hydrogen (secondary N) is 1. The summed E-state index contributed by atoms with van der Waals surface area (Å²) in [4.78, 5) is 2.58. The van der Waals surface area contributed by atoms with Crippen molar-refractivity contribution in [1.29, 1.82) is 0 Å². The maximum atomic E-state index is 4.00. The number of hydrogen-bond acceptors (Lipinski definition) is 2. The van der Waals surface area contributed by atoms with E-state index in [0.29, 0.717) is 5.92 Å². The van der Waals surface area contributed by atoms with Gasteiger partial charge in [-0.25, -0.2) is 0 Å². The van der Waals surface area contributed by atoms with Crippen molar-refractivity contribution >= 4 is 0 Å². The summed E-state index contributed by atoms with van der Waals surface area (Å²) in [7, 11) is 1.91. The van der Waals surface area contributed by atoms with E-state index in [1.807, 2.05) is 13.1 Å². The molecule has 1 aromatic carbocycles. The van der Waals surface area contributed by atoms with E-state index in [4.69, 9.17) is 0 Å². The Labute approximate surface area is 219 Å². The van der Waals surface area contributed by atoms with Gasteiger partial charge in [0.15, 0.2) is 0 Å². The van der Waals surface area contributed by atoms with Crippen molar-refractivity contribution < 1.29 is 0 Å². The van der Waals surface area contributed by atoms with Gasteiger partial charge in [0.2, 0.25) is 0 Å². The zero-order valence-electron chi connectivity index (χ0n) is 23.8. The van der Waals surface area contributed by atoms with Crippen molar-refractivity contribution in [3.05, 3.63) is 71.6 Å².